The van der Waals surface area contributed by atoms with Gasteiger partial charge in [-0.05, 0) is 12.5 Å². The number of carboxylic acids is 1. The van der Waals surface area contributed by atoms with E-state index in [9.17, 15) is 9.59 Å². The summed E-state index contributed by atoms with van der Waals surface area (Å²) in [6, 6.07) is 4.12. The van der Waals surface area contributed by atoms with Crippen molar-refractivity contribution >= 4 is 17.6 Å². The van der Waals surface area contributed by atoms with Gasteiger partial charge in [0.1, 0.15) is 5.69 Å². The highest BCUT2D eigenvalue weighted by molar-refractivity contribution is 6.31. The molecule has 0 aromatic carbocycles. The second-order valence-corrected chi connectivity index (χ2v) is 4.70. The predicted molar refractivity (Wildman–Crippen MR) is 74.4 cm³/mol. The van der Waals surface area contributed by atoms with Crippen molar-refractivity contribution < 1.29 is 9.90 Å². The summed E-state index contributed by atoms with van der Waals surface area (Å²) in [7, 11) is 1.72. The minimum absolute atomic E-state index is 0.0731. The first-order valence-electron chi connectivity index (χ1n) is 6.09. The van der Waals surface area contributed by atoms with Crippen molar-refractivity contribution in [3.63, 3.8) is 0 Å². The Labute approximate surface area is 120 Å². The van der Waals surface area contributed by atoms with Crippen LogP contribution in [0.15, 0.2) is 23.0 Å². The smallest absolute Gasteiger partial charge is 0.352 e. The van der Waals surface area contributed by atoms with Gasteiger partial charge in [-0.25, -0.2) is 4.79 Å². The van der Waals surface area contributed by atoms with E-state index in [1.54, 1.807) is 11.7 Å². The molecule has 2 heterocycles. The number of hydrogen-bond donors (Lipinski definition) is 1. The van der Waals surface area contributed by atoms with Gasteiger partial charge in [0.2, 0.25) is 0 Å². The van der Waals surface area contributed by atoms with Crippen LogP contribution in [0.3, 0.4) is 0 Å². The molecule has 0 saturated heterocycles. The van der Waals surface area contributed by atoms with Gasteiger partial charge < -0.3 is 5.11 Å². The molecule has 1 N–H and O–H groups in total. The van der Waals surface area contributed by atoms with Crippen molar-refractivity contribution in [2.75, 3.05) is 0 Å². The van der Waals surface area contributed by atoms with Crippen LogP contribution in [0.1, 0.15) is 28.8 Å². The standard InChI is InChI=1S/C13H14ClN3O3/c1-3-8-12(14)10(16(2)15-8)7-17-9(13(19)20)5-4-6-11(17)18/h4-6H,3,7H2,1-2H3,(H,19,20). The van der Waals surface area contributed by atoms with Crippen LogP contribution >= 0.6 is 11.6 Å². The van der Waals surface area contributed by atoms with Gasteiger partial charge in [0.05, 0.1) is 23.0 Å². The Hall–Kier alpha value is -2.08. The number of nitrogens with zero attached hydrogens (tertiary/aromatic N) is 3. The molecular formula is C13H14ClN3O3. The van der Waals surface area contributed by atoms with Gasteiger partial charge in [-0.3, -0.25) is 14.0 Å². The lowest BCUT2D eigenvalue weighted by atomic mass is 10.2. The molecule has 0 unspecified atom stereocenters. The molecule has 0 spiro atoms. The molecule has 106 valence electrons. The molecule has 0 aliphatic heterocycles. The van der Waals surface area contributed by atoms with Crippen LogP contribution in [0.25, 0.3) is 0 Å². The highest BCUT2D eigenvalue weighted by Gasteiger charge is 2.17. The minimum atomic E-state index is -1.16. The lowest BCUT2D eigenvalue weighted by Crippen LogP contribution is -2.26. The molecule has 2 aromatic heterocycles. The summed E-state index contributed by atoms with van der Waals surface area (Å²) in [6.45, 7) is 2.00. The maximum atomic E-state index is 11.9. The van der Waals surface area contributed by atoms with E-state index >= 15 is 0 Å². The number of carbonyl (C=O) groups is 1. The molecule has 2 rings (SSSR count). The third-order valence-corrected chi connectivity index (χ3v) is 3.52. The Balaban J connectivity index is 2.53. The second-order valence-electron chi connectivity index (χ2n) is 4.33. The molecule has 0 amide bonds. The second kappa shape index (κ2) is 5.50. The molecule has 20 heavy (non-hydrogen) atoms. The first-order chi connectivity index (χ1) is 9.45. The molecular weight excluding hydrogens is 282 g/mol. The molecule has 0 aliphatic carbocycles. The average molecular weight is 296 g/mol. The summed E-state index contributed by atoms with van der Waals surface area (Å²) < 4.78 is 2.75. The van der Waals surface area contributed by atoms with Gasteiger partial charge >= 0.3 is 5.97 Å². The fourth-order valence-electron chi connectivity index (χ4n) is 2.01. The summed E-state index contributed by atoms with van der Waals surface area (Å²) in [5.74, 6) is -1.16. The van der Waals surface area contributed by atoms with Crippen LogP contribution in [0.4, 0.5) is 0 Å². The van der Waals surface area contributed by atoms with E-state index in [2.05, 4.69) is 5.10 Å². The molecule has 0 atom stereocenters. The van der Waals surface area contributed by atoms with Crippen molar-refractivity contribution in [1.29, 1.82) is 0 Å². The minimum Gasteiger partial charge on any atom is -0.477 e. The fraction of sp³-hybridized carbons (Fsp3) is 0.308. The van der Waals surface area contributed by atoms with Crippen molar-refractivity contribution in [3.8, 4) is 0 Å². The molecule has 0 aliphatic rings. The lowest BCUT2D eigenvalue weighted by Gasteiger charge is -2.10. The maximum absolute atomic E-state index is 11.9. The monoisotopic (exact) mass is 295 g/mol. The van der Waals surface area contributed by atoms with Crippen LogP contribution < -0.4 is 5.56 Å². The molecule has 2 aromatic rings. The molecule has 7 heteroatoms. The van der Waals surface area contributed by atoms with Crippen molar-refractivity contribution in [3.05, 3.63) is 50.7 Å². The van der Waals surface area contributed by atoms with Gasteiger partial charge in [-0.2, -0.15) is 5.10 Å². The van der Waals surface area contributed by atoms with E-state index in [0.29, 0.717) is 17.1 Å². The summed E-state index contributed by atoms with van der Waals surface area (Å²) in [6.07, 6.45) is 0.669. The molecule has 0 radical (unpaired) electrons. The Morgan fingerprint density at radius 1 is 1.45 bits per heavy atom. The van der Waals surface area contributed by atoms with E-state index in [1.165, 1.54) is 22.8 Å². The topological polar surface area (TPSA) is 77.1 Å². The first-order valence-corrected chi connectivity index (χ1v) is 6.46. The summed E-state index contributed by atoms with van der Waals surface area (Å²) in [5.41, 5.74) is 0.873. The third-order valence-electron chi connectivity index (χ3n) is 3.08. The van der Waals surface area contributed by atoms with Gasteiger partial charge in [0, 0.05) is 13.1 Å². The normalized spacial score (nSPS) is 10.8. The maximum Gasteiger partial charge on any atom is 0.352 e. The lowest BCUT2D eigenvalue weighted by molar-refractivity contribution is 0.0684. The predicted octanol–water partition coefficient (Wildman–Crippen LogP) is 1.54. The van der Waals surface area contributed by atoms with E-state index in [1.807, 2.05) is 6.92 Å². The van der Waals surface area contributed by atoms with E-state index in [0.717, 1.165) is 5.69 Å². The summed E-state index contributed by atoms with van der Waals surface area (Å²) in [5, 5.41) is 13.9. The Morgan fingerprint density at radius 3 is 2.70 bits per heavy atom. The number of carboxylic acid groups (broad SMARTS) is 1. The Morgan fingerprint density at radius 2 is 2.15 bits per heavy atom. The van der Waals surface area contributed by atoms with E-state index < -0.39 is 5.97 Å². The highest BCUT2D eigenvalue weighted by Crippen LogP contribution is 2.21. The first kappa shape index (κ1) is 14.3. The van der Waals surface area contributed by atoms with Gasteiger partial charge in [-0.15, -0.1) is 0 Å². The van der Waals surface area contributed by atoms with E-state index in [4.69, 9.17) is 16.7 Å². The van der Waals surface area contributed by atoms with Crippen LogP contribution in [-0.4, -0.2) is 25.4 Å². The number of hydrogen-bond acceptors (Lipinski definition) is 3. The Bertz CT molecular complexity index is 718. The quantitative estimate of drug-likeness (QED) is 0.928. The van der Waals surface area contributed by atoms with Crippen LogP contribution in [0, 0.1) is 0 Å². The van der Waals surface area contributed by atoms with Crippen molar-refractivity contribution in [1.82, 2.24) is 14.3 Å². The summed E-state index contributed by atoms with van der Waals surface area (Å²) in [4.78, 5) is 23.1. The molecule has 0 saturated carbocycles. The van der Waals surface area contributed by atoms with Crippen molar-refractivity contribution in [2.24, 2.45) is 7.05 Å². The molecule has 6 nitrogen and oxygen atoms in total. The zero-order valence-electron chi connectivity index (χ0n) is 11.1. The third kappa shape index (κ3) is 2.46. The van der Waals surface area contributed by atoms with Gasteiger partial charge in [0.15, 0.2) is 0 Å². The SMILES string of the molecule is CCc1nn(C)c(Cn2c(C(=O)O)cccc2=O)c1Cl. The average Bonchev–Trinajstić information content (AvgIpc) is 2.67. The van der Waals surface area contributed by atoms with Gasteiger partial charge in [-0.1, -0.05) is 24.6 Å². The highest BCUT2D eigenvalue weighted by atomic mass is 35.5. The Kier molecular flexibility index (Phi) is 3.94. The zero-order chi connectivity index (χ0) is 14.9. The van der Waals surface area contributed by atoms with E-state index in [-0.39, 0.29) is 17.8 Å². The van der Waals surface area contributed by atoms with Crippen LogP contribution in [0.5, 0.6) is 0 Å². The molecule has 0 fully saturated rings. The summed E-state index contributed by atoms with van der Waals surface area (Å²) >= 11 is 6.22. The number of pyridine rings is 1. The fourth-order valence-corrected chi connectivity index (χ4v) is 2.36. The number of aryl methyl sites for hydroxylation is 2. The van der Waals surface area contributed by atoms with Gasteiger partial charge in [0.25, 0.3) is 5.56 Å². The number of aromatic carboxylic acids is 1. The van der Waals surface area contributed by atoms with Crippen LogP contribution in [-0.2, 0) is 20.0 Å². The largest absolute Gasteiger partial charge is 0.477 e. The number of rotatable bonds is 4. The number of aromatic nitrogens is 3. The van der Waals surface area contributed by atoms with Crippen LogP contribution in [0.2, 0.25) is 5.02 Å². The molecule has 0 bridgehead atoms. The number of halogens is 1. The zero-order valence-corrected chi connectivity index (χ0v) is 11.9. The van der Waals surface area contributed by atoms with Crippen molar-refractivity contribution in [2.45, 2.75) is 19.9 Å².